The van der Waals surface area contributed by atoms with Gasteiger partial charge in [0.2, 0.25) is 0 Å². The first-order valence-electron chi connectivity index (χ1n) is 5.52. The maximum Gasteiger partial charge on any atom is 0.125 e. The third kappa shape index (κ3) is 1.62. The molecule has 3 nitrogen and oxygen atoms in total. The number of morpholine rings is 1. The highest BCUT2D eigenvalue weighted by Crippen LogP contribution is 2.34. The molecule has 2 atom stereocenters. The van der Waals surface area contributed by atoms with E-state index >= 15 is 0 Å². The van der Waals surface area contributed by atoms with Crippen LogP contribution < -0.4 is 10.1 Å². The molecule has 0 aromatic heterocycles. The Hall–Kier alpha value is -1.06. The van der Waals surface area contributed by atoms with Gasteiger partial charge in [0, 0.05) is 18.2 Å². The number of hydrogen-bond donors (Lipinski definition) is 1. The topological polar surface area (TPSA) is 30.5 Å². The summed E-state index contributed by atoms with van der Waals surface area (Å²) >= 11 is 0. The van der Waals surface area contributed by atoms with E-state index < -0.39 is 0 Å². The van der Waals surface area contributed by atoms with Gasteiger partial charge in [0.05, 0.1) is 13.2 Å². The van der Waals surface area contributed by atoms with Crippen molar-refractivity contribution in [1.82, 2.24) is 5.32 Å². The summed E-state index contributed by atoms with van der Waals surface area (Å²) in [5, 5.41) is 3.50. The Morgan fingerprint density at radius 3 is 3.13 bits per heavy atom. The third-order valence-electron chi connectivity index (χ3n) is 3.08. The van der Waals surface area contributed by atoms with Crippen LogP contribution in [0.4, 0.5) is 0 Å². The molecule has 80 valence electrons. The molecule has 3 heteroatoms. The van der Waals surface area contributed by atoms with E-state index in [9.17, 15) is 0 Å². The van der Waals surface area contributed by atoms with Gasteiger partial charge in [0.1, 0.15) is 11.9 Å². The molecule has 1 fully saturated rings. The number of fused-ring (bicyclic) bond motifs is 3. The molecule has 0 radical (unpaired) electrons. The van der Waals surface area contributed by atoms with Crippen molar-refractivity contribution in [2.24, 2.45) is 0 Å². The van der Waals surface area contributed by atoms with Gasteiger partial charge >= 0.3 is 0 Å². The van der Waals surface area contributed by atoms with Crippen LogP contribution in [0.3, 0.4) is 0 Å². The van der Waals surface area contributed by atoms with Crippen molar-refractivity contribution in [1.29, 1.82) is 0 Å². The fraction of sp³-hybridized carbons (Fsp3) is 0.500. The predicted octanol–water partition coefficient (Wildman–Crippen LogP) is 1.50. The second kappa shape index (κ2) is 3.83. The maximum atomic E-state index is 5.85. The minimum atomic E-state index is 0.164. The van der Waals surface area contributed by atoms with E-state index in [1.54, 1.807) is 0 Å². The Balaban J connectivity index is 1.99. The summed E-state index contributed by atoms with van der Waals surface area (Å²) in [5.74, 6) is 0.980. The first-order valence-corrected chi connectivity index (χ1v) is 5.52. The van der Waals surface area contributed by atoms with Crippen molar-refractivity contribution < 1.29 is 9.47 Å². The van der Waals surface area contributed by atoms with Crippen LogP contribution in [0.2, 0.25) is 0 Å². The molecule has 0 saturated carbocycles. The van der Waals surface area contributed by atoms with Gasteiger partial charge < -0.3 is 14.8 Å². The van der Waals surface area contributed by atoms with Crippen LogP contribution in [0.15, 0.2) is 24.3 Å². The van der Waals surface area contributed by atoms with Gasteiger partial charge in [-0.25, -0.2) is 0 Å². The molecular weight excluding hydrogens is 190 g/mol. The van der Waals surface area contributed by atoms with Gasteiger partial charge in [-0.3, -0.25) is 0 Å². The number of hydrogen-bond acceptors (Lipinski definition) is 3. The first kappa shape index (κ1) is 9.19. The zero-order valence-electron chi connectivity index (χ0n) is 8.61. The van der Waals surface area contributed by atoms with Crippen molar-refractivity contribution in [2.75, 3.05) is 19.8 Å². The van der Waals surface area contributed by atoms with Crippen LogP contribution in [-0.2, 0) is 4.74 Å². The molecular formula is C12H15NO2. The van der Waals surface area contributed by atoms with E-state index in [-0.39, 0.29) is 6.10 Å². The van der Waals surface area contributed by atoms with E-state index in [1.165, 1.54) is 5.56 Å². The van der Waals surface area contributed by atoms with Crippen LogP contribution >= 0.6 is 0 Å². The smallest absolute Gasteiger partial charge is 0.125 e. The summed E-state index contributed by atoms with van der Waals surface area (Å²) in [7, 11) is 0. The van der Waals surface area contributed by atoms with Crippen LogP contribution in [0.1, 0.15) is 18.1 Å². The second-order valence-electron chi connectivity index (χ2n) is 4.03. The SMILES string of the molecule is c1ccc2c(c1)OCC[C@H]1NCCO[C@H]21. The molecule has 1 aromatic rings. The molecule has 0 bridgehead atoms. The summed E-state index contributed by atoms with van der Waals surface area (Å²) in [4.78, 5) is 0. The summed E-state index contributed by atoms with van der Waals surface area (Å²) in [6.07, 6.45) is 1.18. The zero-order valence-corrected chi connectivity index (χ0v) is 8.61. The van der Waals surface area contributed by atoms with Gasteiger partial charge in [0.15, 0.2) is 0 Å². The van der Waals surface area contributed by atoms with Crippen molar-refractivity contribution in [3.8, 4) is 5.75 Å². The Morgan fingerprint density at radius 1 is 1.20 bits per heavy atom. The van der Waals surface area contributed by atoms with Crippen molar-refractivity contribution in [2.45, 2.75) is 18.6 Å². The molecule has 1 aromatic carbocycles. The van der Waals surface area contributed by atoms with E-state index in [0.29, 0.717) is 6.04 Å². The molecule has 0 amide bonds. The molecule has 15 heavy (non-hydrogen) atoms. The van der Waals surface area contributed by atoms with Gasteiger partial charge in [-0.15, -0.1) is 0 Å². The molecule has 1 N–H and O–H groups in total. The van der Waals surface area contributed by atoms with Crippen LogP contribution in [0, 0.1) is 0 Å². The number of para-hydroxylation sites is 1. The fourth-order valence-electron chi connectivity index (χ4n) is 2.36. The van der Waals surface area contributed by atoms with Crippen molar-refractivity contribution in [3.05, 3.63) is 29.8 Å². The molecule has 0 aliphatic carbocycles. The summed E-state index contributed by atoms with van der Waals surface area (Å²) in [5.41, 5.74) is 1.19. The molecule has 2 aliphatic rings. The lowest BCUT2D eigenvalue weighted by molar-refractivity contribution is -0.00584. The minimum Gasteiger partial charge on any atom is -0.493 e. The molecule has 0 spiro atoms. The van der Waals surface area contributed by atoms with Crippen molar-refractivity contribution >= 4 is 0 Å². The van der Waals surface area contributed by atoms with Crippen LogP contribution in [0.5, 0.6) is 5.75 Å². The highest BCUT2D eigenvalue weighted by molar-refractivity contribution is 5.37. The Morgan fingerprint density at radius 2 is 2.13 bits per heavy atom. The summed E-state index contributed by atoms with van der Waals surface area (Å²) in [6.45, 7) is 2.51. The molecule has 2 aliphatic heterocycles. The second-order valence-corrected chi connectivity index (χ2v) is 4.03. The number of rotatable bonds is 0. The van der Waals surface area contributed by atoms with E-state index in [4.69, 9.17) is 9.47 Å². The van der Waals surface area contributed by atoms with Gasteiger partial charge in [0.25, 0.3) is 0 Å². The quantitative estimate of drug-likeness (QED) is 0.696. The Bertz CT molecular complexity index is 353. The number of benzene rings is 1. The Kier molecular flexibility index (Phi) is 2.35. The molecule has 1 saturated heterocycles. The largest absolute Gasteiger partial charge is 0.493 e. The molecule has 0 unspecified atom stereocenters. The third-order valence-corrected chi connectivity index (χ3v) is 3.08. The predicted molar refractivity (Wildman–Crippen MR) is 57.0 cm³/mol. The fourth-order valence-corrected chi connectivity index (χ4v) is 2.36. The molecule has 3 rings (SSSR count). The van der Waals surface area contributed by atoms with E-state index in [0.717, 1.165) is 31.9 Å². The average Bonchev–Trinajstić information content (AvgIpc) is 2.48. The van der Waals surface area contributed by atoms with Crippen molar-refractivity contribution in [3.63, 3.8) is 0 Å². The summed E-state index contributed by atoms with van der Waals surface area (Å²) < 4.78 is 11.6. The lowest BCUT2D eigenvalue weighted by Gasteiger charge is -2.31. The number of nitrogens with one attached hydrogen (secondary N) is 1. The zero-order chi connectivity index (χ0) is 10.1. The lowest BCUT2D eigenvalue weighted by atomic mass is 9.99. The monoisotopic (exact) mass is 205 g/mol. The van der Waals surface area contributed by atoms with Crippen LogP contribution in [0.25, 0.3) is 0 Å². The summed E-state index contributed by atoms with van der Waals surface area (Å²) in [6, 6.07) is 8.58. The van der Waals surface area contributed by atoms with E-state index in [1.807, 2.05) is 18.2 Å². The minimum absolute atomic E-state index is 0.164. The average molecular weight is 205 g/mol. The van der Waals surface area contributed by atoms with Gasteiger partial charge in [-0.1, -0.05) is 18.2 Å². The Labute approximate surface area is 89.4 Å². The molecule has 2 heterocycles. The van der Waals surface area contributed by atoms with E-state index in [2.05, 4.69) is 11.4 Å². The van der Waals surface area contributed by atoms with Gasteiger partial charge in [-0.2, -0.15) is 0 Å². The highest BCUT2D eigenvalue weighted by Gasteiger charge is 2.31. The first-order chi connectivity index (χ1) is 7.45. The maximum absolute atomic E-state index is 5.85. The number of ether oxygens (including phenoxy) is 2. The van der Waals surface area contributed by atoms with Gasteiger partial charge in [-0.05, 0) is 12.5 Å². The lowest BCUT2D eigenvalue weighted by Crippen LogP contribution is -2.43. The standard InChI is InChI=1S/C12H15NO2/c1-2-4-11-9(3-1)12-10(5-7-14-11)13-6-8-15-12/h1-4,10,12-13H,5-8H2/t10-,12-/m1/s1. The van der Waals surface area contributed by atoms with Crippen LogP contribution in [-0.4, -0.2) is 25.8 Å². The highest BCUT2D eigenvalue weighted by atomic mass is 16.5. The normalized spacial score (nSPS) is 29.6.